The second-order valence-electron chi connectivity index (χ2n) is 10.5. The number of sulfonamides is 1. The number of carbonyl (C=O) groups excluding carboxylic acids is 2. The highest BCUT2D eigenvalue weighted by Gasteiger charge is 2.34. The third kappa shape index (κ3) is 8.28. The van der Waals surface area contributed by atoms with Crippen molar-refractivity contribution in [3.63, 3.8) is 0 Å². The van der Waals surface area contributed by atoms with Crippen LogP contribution in [0.5, 0.6) is 0 Å². The summed E-state index contributed by atoms with van der Waals surface area (Å²) in [7, 11) is -4.07. The molecule has 7 nitrogen and oxygen atoms in total. The van der Waals surface area contributed by atoms with Crippen molar-refractivity contribution in [2.75, 3.05) is 10.8 Å². The van der Waals surface area contributed by atoms with Crippen LogP contribution in [0.1, 0.15) is 45.2 Å². The van der Waals surface area contributed by atoms with Crippen molar-refractivity contribution in [1.29, 1.82) is 0 Å². The number of benzene rings is 3. The van der Waals surface area contributed by atoms with Crippen LogP contribution in [0.15, 0.2) is 83.8 Å². The van der Waals surface area contributed by atoms with Gasteiger partial charge in [-0.2, -0.15) is 0 Å². The first kappa shape index (κ1) is 30.6. The molecule has 2 amide bonds. The molecule has 0 spiro atoms. The van der Waals surface area contributed by atoms with Gasteiger partial charge in [0.05, 0.1) is 10.6 Å². The summed E-state index contributed by atoms with van der Waals surface area (Å²) in [5.74, 6) is -0.747. The first-order chi connectivity index (χ1) is 18.3. The van der Waals surface area contributed by atoms with Gasteiger partial charge in [0.25, 0.3) is 10.0 Å². The van der Waals surface area contributed by atoms with Crippen LogP contribution in [0.3, 0.4) is 0 Å². The minimum atomic E-state index is -4.07. The molecule has 0 aliphatic rings. The van der Waals surface area contributed by atoms with Gasteiger partial charge in [-0.1, -0.05) is 55.0 Å². The third-order valence-electron chi connectivity index (χ3n) is 6.04. The van der Waals surface area contributed by atoms with Gasteiger partial charge >= 0.3 is 0 Å². The Morgan fingerprint density at radius 3 is 2.15 bits per heavy atom. The van der Waals surface area contributed by atoms with Gasteiger partial charge in [0.15, 0.2) is 0 Å². The van der Waals surface area contributed by atoms with Crippen molar-refractivity contribution in [2.24, 2.45) is 0 Å². The van der Waals surface area contributed by atoms with Gasteiger partial charge in [-0.15, -0.1) is 0 Å². The highest BCUT2D eigenvalue weighted by Crippen LogP contribution is 2.25. The number of rotatable bonds is 10. The molecule has 0 saturated carbocycles. The highest BCUT2D eigenvalue weighted by atomic mass is 127. The molecule has 3 aromatic rings. The smallest absolute Gasteiger partial charge is 0.264 e. The van der Waals surface area contributed by atoms with Crippen LogP contribution in [0.25, 0.3) is 0 Å². The van der Waals surface area contributed by atoms with Crippen LogP contribution >= 0.6 is 22.6 Å². The maximum Gasteiger partial charge on any atom is 0.264 e. The molecular weight excluding hydrogens is 625 g/mol. The second-order valence-corrected chi connectivity index (χ2v) is 13.6. The average Bonchev–Trinajstić information content (AvgIpc) is 2.87. The summed E-state index contributed by atoms with van der Waals surface area (Å²) < 4.78 is 29.7. The van der Waals surface area contributed by atoms with E-state index in [4.69, 9.17) is 0 Å². The van der Waals surface area contributed by atoms with Gasteiger partial charge in [0, 0.05) is 15.7 Å². The lowest BCUT2D eigenvalue weighted by Crippen LogP contribution is -2.55. The van der Waals surface area contributed by atoms with E-state index in [1.165, 1.54) is 17.0 Å². The van der Waals surface area contributed by atoms with Gasteiger partial charge in [-0.25, -0.2) is 8.42 Å². The predicted molar refractivity (Wildman–Crippen MR) is 164 cm³/mol. The molecule has 3 aromatic carbocycles. The summed E-state index contributed by atoms with van der Waals surface area (Å²) in [5.41, 5.74) is 1.76. The number of nitrogens with one attached hydrogen (secondary N) is 1. The lowest BCUT2D eigenvalue weighted by molar-refractivity contribution is -0.141. The fourth-order valence-electron chi connectivity index (χ4n) is 4.24. The summed E-state index contributed by atoms with van der Waals surface area (Å²) in [6, 6.07) is 22.0. The van der Waals surface area contributed by atoms with E-state index in [9.17, 15) is 18.0 Å². The molecule has 1 atom stereocenters. The van der Waals surface area contributed by atoms with Crippen molar-refractivity contribution in [1.82, 2.24) is 10.2 Å². The van der Waals surface area contributed by atoms with Crippen LogP contribution in [-0.2, 0) is 26.2 Å². The Hall–Kier alpha value is -2.92. The van der Waals surface area contributed by atoms with Crippen molar-refractivity contribution < 1.29 is 18.0 Å². The van der Waals surface area contributed by atoms with Gasteiger partial charge in [0.1, 0.15) is 12.6 Å². The zero-order valence-electron chi connectivity index (χ0n) is 23.0. The normalized spacial score (nSPS) is 12.5. The number of carbonyl (C=O) groups is 2. The summed E-state index contributed by atoms with van der Waals surface area (Å²) in [6.45, 7) is 9.18. The number of hydrogen-bond acceptors (Lipinski definition) is 4. The maximum absolute atomic E-state index is 14.1. The topological polar surface area (TPSA) is 86.8 Å². The van der Waals surface area contributed by atoms with Gasteiger partial charge < -0.3 is 10.2 Å². The van der Waals surface area contributed by atoms with Crippen molar-refractivity contribution in [2.45, 2.75) is 64.1 Å². The summed E-state index contributed by atoms with van der Waals surface area (Å²) in [5, 5.41) is 2.98. The Labute approximate surface area is 245 Å². The Bertz CT molecular complexity index is 1390. The van der Waals surface area contributed by atoms with E-state index in [0.29, 0.717) is 12.1 Å². The van der Waals surface area contributed by atoms with E-state index in [2.05, 4.69) is 27.9 Å². The average molecular weight is 662 g/mol. The Morgan fingerprint density at radius 1 is 0.949 bits per heavy atom. The Morgan fingerprint density at radius 2 is 1.59 bits per heavy atom. The van der Waals surface area contributed by atoms with Crippen molar-refractivity contribution in [3.05, 3.63) is 93.6 Å². The number of halogens is 1. The molecule has 0 heterocycles. The van der Waals surface area contributed by atoms with E-state index in [1.807, 2.05) is 58.9 Å². The molecule has 0 aliphatic heterocycles. The number of nitrogens with zero attached hydrogens (tertiary/aromatic N) is 2. The van der Waals surface area contributed by atoms with Crippen LogP contribution in [-0.4, -0.2) is 43.3 Å². The number of amides is 2. The summed E-state index contributed by atoms with van der Waals surface area (Å²) >= 11 is 2.15. The quantitative estimate of drug-likeness (QED) is 0.290. The predicted octanol–water partition coefficient (Wildman–Crippen LogP) is 5.52. The summed E-state index contributed by atoms with van der Waals surface area (Å²) in [6.07, 6.45) is 0.369. The summed E-state index contributed by atoms with van der Waals surface area (Å²) in [4.78, 5) is 29.0. The third-order valence-corrected chi connectivity index (χ3v) is 8.55. The van der Waals surface area contributed by atoms with Crippen LogP contribution in [0.2, 0.25) is 0 Å². The lowest BCUT2D eigenvalue weighted by atomic mass is 10.0. The Kier molecular flexibility index (Phi) is 10.2. The molecule has 0 fully saturated rings. The first-order valence-corrected chi connectivity index (χ1v) is 15.3. The molecule has 9 heteroatoms. The number of aryl methyl sites for hydroxylation is 1. The van der Waals surface area contributed by atoms with Gasteiger partial charge in [-0.05, 0) is 98.7 Å². The number of hydrogen-bond donors (Lipinski definition) is 1. The molecule has 0 aliphatic carbocycles. The largest absolute Gasteiger partial charge is 0.350 e. The zero-order chi connectivity index (χ0) is 28.8. The van der Waals surface area contributed by atoms with Crippen LogP contribution in [0.4, 0.5) is 5.69 Å². The molecule has 0 saturated heterocycles. The molecule has 39 heavy (non-hydrogen) atoms. The maximum atomic E-state index is 14.1. The standard InChI is InChI=1S/C30H36IN3O4S/c1-6-27(29(36)32-30(3,4)5)33(20-23-12-10-11-22(2)19-23)28(35)21-34(25-17-15-24(31)16-18-25)39(37,38)26-13-8-7-9-14-26/h7-19,27H,6,20-21H2,1-5H3,(H,32,36)/t27-/m1/s1. The van der Waals surface area contributed by atoms with E-state index in [1.54, 1.807) is 42.5 Å². The fraction of sp³-hybridized carbons (Fsp3) is 0.333. The molecule has 0 aromatic heterocycles. The molecule has 3 rings (SSSR count). The van der Waals surface area contributed by atoms with Gasteiger partial charge in [0.2, 0.25) is 11.8 Å². The Balaban J connectivity index is 2.06. The zero-order valence-corrected chi connectivity index (χ0v) is 26.0. The minimum absolute atomic E-state index is 0.0825. The molecular formula is C30H36IN3O4S. The van der Waals surface area contributed by atoms with E-state index in [0.717, 1.165) is 19.0 Å². The molecule has 0 bridgehead atoms. The van der Waals surface area contributed by atoms with Crippen molar-refractivity contribution >= 4 is 50.1 Å². The molecule has 0 radical (unpaired) electrons. The molecule has 0 unspecified atom stereocenters. The van der Waals surface area contributed by atoms with E-state index >= 15 is 0 Å². The first-order valence-electron chi connectivity index (χ1n) is 12.8. The fourth-order valence-corrected chi connectivity index (χ4v) is 6.03. The van der Waals surface area contributed by atoms with E-state index < -0.39 is 34.1 Å². The second kappa shape index (κ2) is 13.0. The van der Waals surface area contributed by atoms with E-state index in [-0.39, 0.29) is 17.3 Å². The van der Waals surface area contributed by atoms with Gasteiger partial charge in [-0.3, -0.25) is 13.9 Å². The number of anilines is 1. The van der Waals surface area contributed by atoms with Crippen LogP contribution in [0, 0.1) is 10.5 Å². The van der Waals surface area contributed by atoms with Crippen molar-refractivity contribution in [3.8, 4) is 0 Å². The molecule has 208 valence electrons. The lowest BCUT2D eigenvalue weighted by Gasteiger charge is -2.34. The minimum Gasteiger partial charge on any atom is -0.350 e. The monoisotopic (exact) mass is 661 g/mol. The highest BCUT2D eigenvalue weighted by molar-refractivity contribution is 14.1. The molecule has 1 N–H and O–H groups in total. The SMILES string of the molecule is CC[C@H](C(=O)NC(C)(C)C)N(Cc1cccc(C)c1)C(=O)CN(c1ccc(I)cc1)S(=O)(=O)c1ccccc1. The van der Waals surface area contributed by atoms with Crippen LogP contribution < -0.4 is 9.62 Å².